The smallest absolute Gasteiger partial charge is 0.317 e. The molecule has 2 amide bonds. The predicted octanol–water partition coefficient (Wildman–Crippen LogP) is 4.18. The molecule has 4 nitrogen and oxygen atoms in total. The first-order valence-electron chi connectivity index (χ1n) is 9.54. The molecule has 1 aromatic rings. The van der Waals surface area contributed by atoms with Gasteiger partial charge in [-0.3, -0.25) is 4.79 Å². The average molecular weight is 340 g/mol. The zero-order chi connectivity index (χ0) is 17.5. The van der Waals surface area contributed by atoms with E-state index in [4.69, 9.17) is 0 Å². The summed E-state index contributed by atoms with van der Waals surface area (Å²) in [6, 6.07) is 9.49. The highest BCUT2D eigenvalue weighted by Gasteiger charge is 2.27. The molecular weight excluding hydrogens is 312 g/mol. The quantitative estimate of drug-likeness (QED) is 0.646. The van der Waals surface area contributed by atoms with Gasteiger partial charge in [0.1, 0.15) is 0 Å². The van der Waals surface area contributed by atoms with E-state index in [1.165, 1.54) is 31.3 Å². The Labute approximate surface area is 150 Å². The number of piperidine rings is 1. The Kier molecular flexibility index (Phi) is 6.26. The van der Waals surface area contributed by atoms with Crippen LogP contribution in [0.25, 0.3) is 0 Å². The van der Waals surface area contributed by atoms with Crippen LogP contribution in [0.4, 0.5) is 4.79 Å². The average Bonchev–Trinajstić information content (AvgIpc) is 2.69. The fourth-order valence-electron chi connectivity index (χ4n) is 3.76. The number of hydrogen-bond donors (Lipinski definition) is 1. The number of likely N-dealkylation sites (tertiary alicyclic amines) is 1. The summed E-state index contributed by atoms with van der Waals surface area (Å²) >= 11 is 0. The highest BCUT2D eigenvalue weighted by Crippen LogP contribution is 2.22. The second-order valence-electron chi connectivity index (χ2n) is 7.08. The van der Waals surface area contributed by atoms with Gasteiger partial charge in [0.2, 0.25) is 0 Å². The molecule has 0 atom stereocenters. The molecule has 1 aliphatic heterocycles. The minimum atomic E-state index is 0.0158. The van der Waals surface area contributed by atoms with Gasteiger partial charge in [-0.2, -0.15) is 0 Å². The first-order valence-corrected chi connectivity index (χ1v) is 9.54. The molecule has 1 saturated heterocycles. The number of benzene rings is 1. The second-order valence-corrected chi connectivity index (χ2v) is 7.08. The topological polar surface area (TPSA) is 49.4 Å². The number of hydrogen-bond acceptors (Lipinski definition) is 2. The summed E-state index contributed by atoms with van der Waals surface area (Å²) in [5.74, 6) is 0.253. The molecule has 134 valence electrons. The van der Waals surface area contributed by atoms with E-state index in [1.54, 1.807) is 0 Å². The van der Waals surface area contributed by atoms with Gasteiger partial charge in [-0.15, -0.1) is 0 Å². The third kappa shape index (κ3) is 4.94. The van der Waals surface area contributed by atoms with E-state index in [-0.39, 0.29) is 17.7 Å². The van der Waals surface area contributed by atoms with Crippen molar-refractivity contribution in [2.24, 2.45) is 5.92 Å². The molecule has 2 aliphatic rings. The van der Waals surface area contributed by atoms with Crippen molar-refractivity contribution in [3.8, 4) is 0 Å². The summed E-state index contributed by atoms with van der Waals surface area (Å²) < 4.78 is 0. The number of carbonyl (C=O) groups excluding carboxylic acids is 2. The lowest BCUT2D eigenvalue weighted by molar-refractivity contribution is 0.0854. The SMILES string of the molecule is O=C(c1ccccc1)C1CCN(C(=O)NCCC2=CCCCC2)CC1. The second kappa shape index (κ2) is 8.84. The highest BCUT2D eigenvalue weighted by atomic mass is 16.2. The molecule has 1 heterocycles. The van der Waals surface area contributed by atoms with Gasteiger partial charge in [-0.25, -0.2) is 4.79 Å². The zero-order valence-corrected chi connectivity index (χ0v) is 14.9. The van der Waals surface area contributed by atoms with Crippen LogP contribution in [0.2, 0.25) is 0 Å². The Hall–Kier alpha value is -2.10. The summed E-state index contributed by atoms with van der Waals surface area (Å²) in [6.45, 7) is 2.04. The summed E-state index contributed by atoms with van der Waals surface area (Å²) in [4.78, 5) is 26.6. The number of rotatable bonds is 5. The van der Waals surface area contributed by atoms with Crippen LogP contribution >= 0.6 is 0 Å². The molecule has 0 radical (unpaired) electrons. The maximum Gasteiger partial charge on any atom is 0.317 e. The number of nitrogens with one attached hydrogen (secondary N) is 1. The fraction of sp³-hybridized carbons (Fsp3) is 0.524. The Morgan fingerprint density at radius 2 is 1.84 bits per heavy atom. The van der Waals surface area contributed by atoms with Crippen LogP contribution in [0.15, 0.2) is 42.0 Å². The molecule has 3 rings (SSSR count). The molecule has 1 aliphatic carbocycles. The molecule has 0 bridgehead atoms. The van der Waals surface area contributed by atoms with Crippen molar-refractivity contribution in [3.63, 3.8) is 0 Å². The number of nitrogens with zero attached hydrogens (tertiary/aromatic N) is 1. The lowest BCUT2D eigenvalue weighted by Crippen LogP contribution is -2.45. The number of ketones is 1. The van der Waals surface area contributed by atoms with Crippen LogP contribution in [0.3, 0.4) is 0 Å². The molecule has 0 spiro atoms. The van der Waals surface area contributed by atoms with Crippen molar-refractivity contribution in [2.45, 2.75) is 44.9 Å². The molecule has 1 N–H and O–H groups in total. The number of Topliss-reactive ketones (excluding diaryl/α,β-unsaturated/α-hetero) is 1. The first-order chi connectivity index (χ1) is 12.2. The molecule has 25 heavy (non-hydrogen) atoms. The van der Waals surface area contributed by atoms with Crippen molar-refractivity contribution in [1.82, 2.24) is 10.2 Å². The molecule has 0 aromatic heterocycles. The van der Waals surface area contributed by atoms with E-state index in [1.807, 2.05) is 35.2 Å². The normalized spacial score (nSPS) is 18.6. The monoisotopic (exact) mass is 340 g/mol. The van der Waals surface area contributed by atoms with E-state index in [0.717, 1.165) is 24.8 Å². The van der Waals surface area contributed by atoms with Gasteiger partial charge in [-0.05, 0) is 44.9 Å². The first kappa shape index (κ1) is 17.7. The van der Waals surface area contributed by atoms with Crippen molar-refractivity contribution < 1.29 is 9.59 Å². The number of amides is 2. The molecule has 1 aromatic carbocycles. The minimum absolute atomic E-state index is 0.0158. The summed E-state index contributed by atoms with van der Waals surface area (Å²) in [7, 11) is 0. The molecule has 0 unspecified atom stereocenters. The van der Waals surface area contributed by atoms with Gasteiger partial charge in [0.25, 0.3) is 0 Å². The van der Waals surface area contributed by atoms with E-state index in [2.05, 4.69) is 11.4 Å². The Morgan fingerprint density at radius 1 is 1.08 bits per heavy atom. The minimum Gasteiger partial charge on any atom is -0.338 e. The van der Waals surface area contributed by atoms with Crippen molar-refractivity contribution in [2.75, 3.05) is 19.6 Å². The summed E-state index contributed by atoms with van der Waals surface area (Å²) in [5.41, 5.74) is 2.27. The van der Waals surface area contributed by atoms with E-state index in [0.29, 0.717) is 19.6 Å². The molecule has 0 saturated carbocycles. The lowest BCUT2D eigenvalue weighted by atomic mass is 9.89. The molecule has 1 fully saturated rings. The van der Waals surface area contributed by atoms with Gasteiger partial charge in [-0.1, -0.05) is 42.0 Å². The van der Waals surface area contributed by atoms with Gasteiger partial charge < -0.3 is 10.2 Å². The third-order valence-corrected chi connectivity index (χ3v) is 5.32. The van der Waals surface area contributed by atoms with Crippen molar-refractivity contribution >= 4 is 11.8 Å². The van der Waals surface area contributed by atoms with Crippen LogP contribution in [0.5, 0.6) is 0 Å². The zero-order valence-electron chi connectivity index (χ0n) is 14.9. The van der Waals surface area contributed by atoms with Crippen molar-refractivity contribution in [3.05, 3.63) is 47.5 Å². The van der Waals surface area contributed by atoms with E-state index < -0.39 is 0 Å². The van der Waals surface area contributed by atoms with Crippen LogP contribution in [-0.4, -0.2) is 36.3 Å². The number of allylic oxidation sites excluding steroid dienone is 1. The predicted molar refractivity (Wildman–Crippen MR) is 99.6 cm³/mol. The number of urea groups is 1. The lowest BCUT2D eigenvalue weighted by Gasteiger charge is -2.31. The largest absolute Gasteiger partial charge is 0.338 e. The Bertz CT molecular complexity index is 616. The van der Waals surface area contributed by atoms with Crippen LogP contribution in [0, 0.1) is 5.92 Å². The van der Waals surface area contributed by atoms with Crippen molar-refractivity contribution in [1.29, 1.82) is 0 Å². The van der Waals surface area contributed by atoms with Gasteiger partial charge >= 0.3 is 6.03 Å². The Balaban J connectivity index is 1.40. The van der Waals surface area contributed by atoms with Gasteiger partial charge in [0.05, 0.1) is 0 Å². The van der Waals surface area contributed by atoms with E-state index in [9.17, 15) is 9.59 Å². The third-order valence-electron chi connectivity index (χ3n) is 5.32. The van der Waals surface area contributed by atoms with Gasteiger partial charge in [0, 0.05) is 31.1 Å². The van der Waals surface area contributed by atoms with Gasteiger partial charge in [0.15, 0.2) is 5.78 Å². The Morgan fingerprint density at radius 3 is 2.52 bits per heavy atom. The van der Waals surface area contributed by atoms with Crippen LogP contribution in [-0.2, 0) is 0 Å². The van der Waals surface area contributed by atoms with Crippen LogP contribution in [0.1, 0.15) is 55.3 Å². The maximum atomic E-state index is 12.5. The maximum absolute atomic E-state index is 12.5. The standard InChI is InChI=1S/C21H28N2O2/c24-20(18-9-5-2-6-10-18)19-12-15-23(16-13-19)21(25)22-14-11-17-7-3-1-4-8-17/h2,5-7,9-10,19H,1,3-4,8,11-16H2,(H,22,25). The molecule has 4 heteroatoms. The summed E-state index contributed by atoms with van der Waals surface area (Å²) in [6.07, 6.45) is 9.76. The van der Waals surface area contributed by atoms with Crippen LogP contribution < -0.4 is 5.32 Å². The number of carbonyl (C=O) groups is 2. The fourth-order valence-corrected chi connectivity index (χ4v) is 3.76. The van der Waals surface area contributed by atoms with E-state index >= 15 is 0 Å². The molecular formula is C21H28N2O2. The summed E-state index contributed by atoms with van der Waals surface area (Å²) in [5, 5.41) is 3.04. The highest BCUT2D eigenvalue weighted by molar-refractivity contribution is 5.97.